The van der Waals surface area contributed by atoms with Crippen LogP contribution in [-0.4, -0.2) is 6.21 Å². The zero-order valence-corrected chi connectivity index (χ0v) is 24.6. The highest BCUT2D eigenvalue weighted by molar-refractivity contribution is 6.13. The molecule has 0 saturated carbocycles. The van der Waals surface area contributed by atoms with Crippen molar-refractivity contribution in [3.8, 4) is 11.1 Å². The molecule has 0 radical (unpaired) electrons. The Morgan fingerprint density at radius 2 is 1.43 bits per heavy atom. The minimum absolute atomic E-state index is 0.0936. The van der Waals surface area contributed by atoms with Gasteiger partial charge in [-0.15, -0.1) is 0 Å². The summed E-state index contributed by atoms with van der Waals surface area (Å²) in [7, 11) is 0. The molecule has 0 heterocycles. The molecular weight excluding hydrogens is 508 g/mol. The quantitative estimate of drug-likeness (QED) is 0.211. The fourth-order valence-corrected chi connectivity index (χ4v) is 6.85. The van der Waals surface area contributed by atoms with E-state index in [4.69, 9.17) is 0 Å². The molecule has 0 amide bonds. The third-order valence-corrected chi connectivity index (χ3v) is 8.91. The van der Waals surface area contributed by atoms with E-state index in [1.165, 1.54) is 49.9 Å². The second kappa shape index (κ2) is 10.6. The average Bonchev–Trinajstić information content (AvgIpc) is 3.25. The normalized spacial score (nSPS) is 17.1. The number of nitrogens with one attached hydrogen (secondary N) is 1. The summed E-state index contributed by atoms with van der Waals surface area (Å²) in [6, 6.07) is 38.9. The summed E-state index contributed by atoms with van der Waals surface area (Å²) >= 11 is 0. The Morgan fingerprint density at radius 3 is 2.14 bits per heavy atom. The van der Waals surface area contributed by atoms with E-state index in [1.807, 2.05) is 12.3 Å². The second-order valence-electron chi connectivity index (χ2n) is 12.2. The monoisotopic (exact) mass is 544 g/mol. The maximum atomic E-state index is 4.67. The van der Waals surface area contributed by atoms with Gasteiger partial charge in [0.25, 0.3) is 0 Å². The van der Waals surface area contributed by atoms with Crippen LogP contribution in [0.5, 0.6) is 0 Å². The van der Waals surface area contributed by atoms with Crippen molar-refractivity contribution in [2.75, 3.05) is 5.32 Å². The number of hydrogen-bond acceptors (Lipinski definition) is 2. The fourth-order valence-electron chi connectivity index (χ4n) is 6.85. The Kier molecular flexibility index (Phi) is 6.63. The molecule has 0 saturated heterocycles. The molecule has 0 aliphatic heterocycles. The number of hydrogen-bond donors (Lipinski definition) is 1. The molecule has 7 rings (SSSR count). The summed E-state index contributed by atoms with van der Waals surface area (Å²) in [4.78, 5) is 4.67. The van der Waals surface area contributed by atoms with Crippen molar-refractivity contribution in [3.05, 3.63) is 149 Å². The standard InChI is InChI=1S/C40H36N2/c1-27-18-23-34-35(24-27)40(2,3)38-37(34)33-17-11-10-16-32(33)36(30-14-8-5-9-15-30)39(38)42-31-21-19-29(20-22-31)26-41-25-28-12-6-4-7-13-28/h4-23,26-27,42H,24-25H2,1-3H3. The van der Waals surface area contributed by atoms with Crippen LogP contribution < -0.4 is 5.32 Å². The molecule has 0 spiro atoms. The third-order valence-electron chi connectivity index (χ3n) is 8.91. The number of anilines is 2. The molecule has 2 aliphatic rings. The van der Waals surface area contributed by atoms with Crippen molar-refractivity contribution in [1.29, 1.82) is 0 Å². The minimum Gasteiger partial charge on any atom is -0.355 e. The molecule has 42 heavy (non-hydrogen) atoms. The van der Waals surface area contributed by atoms with Crippen LogP contribution in [0.3, 0.4) is 0 Å². The highest BCUT2D eigenvalue weighted by Gasteiger charge is 2.42. The van der Waals surface area contributed by atoms with Crippen LogP contribution >= 0.6 is 0 Å². The van der Waals surface area contributed by atoms with Crippen LogP contribution in [-0.2, 0) is 12.0 Å². The van der Waals surface area contributed by atoms with Crippen LogP contribution in [0.4, 0.5) is 11.4 Å². The summed E-state index contributed by atoms with van der Waals surface area (Å²) in [6.07, 6.45) is 7.83. The summed E-state index contributed by atoms with van der Waals surface area (Å²) < 4.78 is 0. The zero-order chi connectivity index (χ0) is 28.7. The average molecular weight is 545 g/mol. The maximum Gasteiger partial charge on any atom is 0.0639 e. The van der Waals surface area contributed by atoms with Gasteiger partial charge in [0.15, 0.2) is 0 Å². The number of fused-ring (bicyclic) bond motifs is 4. The van der Waals surface area contributed by atoms with Gasteiger partial charge in [0.05, 0.1) is 12.2 Å². The van der Waals surface area contributed by atoms with Crippen LogP contribution in [0.1, 0.15) is 49.4 Å². The maximum absolute atomic E-state index is 4.67. The second-order valence-corrected chi connectivity index (χ2v) is 12.2. The van der Waals surface area contributed by atoms with Crippen LogP contribution in [0, 0.1) is 5.92 Å². The van der Waals surface area contributed by atoms with E-state index >= 15 is 0 Å². The lowest BCUT2D eigenvalue weighted by molar-refractivity contribution is 0.567. The highest BCUT2D eigenvalue weighted by Crippen LogP contribution is 2.58. The Morgan fingerprint density at radius 1 is 0.786 bits per heavy atom. The van der Waals surface area contributed by atoms with Gasteiger partial charge in [-0.05, 0) is 68.6 Å². The Bertz CT molecular complexity index is 1860. The molecule has 1 unspecified atom stereocenters. The summed E-state index contributed by atoms with van der Waals surface area (Å²) in [6.45, 7) is 7.85. The Balaban J connectivity index is 1.35. The summed E-state index contributed by atoms with van der Waals surface area (Å²) in [5, 5.41) is 6.57. The first-order chi connectivity index (χ1) is 20.5. The molecule has 1 atom stereocenters. The van der Waals surface area contributed by atoms with Gasteiger partial charge < -0.3 is 5.32 Å². The number of benzene rings is 5. The smallest absolute Gasteiger partial charge is 0.0639 e. The first kappa shape index (κ1) is 26.2. The topological polar surface area (TPSA) is 24.4 Å². The van der Waals surface area contributed by atoms with Gasteiger partial charge in [-0.1, -0.05) is 136 Å². The van der Waals surface area contributed by atoms with Gasteiger partial charge >= 0.3 is 0 Å². The lowest BCUT2D eigenvalue weighted by atomic mass is 9.75. The van der Waals surface area contributed by atoms with Crippen LogP contribution in [0.15, 0.2) is 132 Å². The molecule has 0 bridgehead atoms. The predicted octanol–water partition coefficient (Wildman–Crippen LogP) is 10.5. The van der Waals surface area contributed by atoms with Crippen LogP contribution in [0.2, 0.25) is 0 Å². The molecule has 5 aromatic rings. The van der Waals surface area contributed by atoms with Crippen molar-refractivity contribution in [3.63, 3.8) is 0 Å². The van der Waals surface area contributed by atoms with Gasteiger partial charge in [0.1, 0.15) is 0 Å². The largest absolute Gasteiger partial charge is 0.355 e. The van der Waals surface area contributed by atoms with E-state index < -0.39 is 0 Å². The molecule has 206 valence electrons. The number of nitrogens with zero attached hydrogens (tertiary/aromatic N) is 1. The first-order valence-corrected chi connectivity index (χ1v) is 15.0. The van der Waals surface area contributed by atoms with E-state index in [9.17, 15) is 0 Å². The van der Waals surface area contributed by atoms with E-state index in [2.05, 4.69) is 146 Å². The number of rotatable bonds is 6. The van der Waals surface area contributed by atoms with Gasteiger partial charge in [0, 0.05) is 22.9 Å². The number of aliphatic imine (C=N–C) groups is 1. The Hall–Kier alpha value is -4.69. The molecule has 5 aromatic carbocycles. The zero-order valence-electron chi connectivity index (χ0n) is 24.6. The number of allylic oxidation sites excluding steroid dienone is 4. The van der Waals surface area contributed by atoms with E-state index in [0.29, 0.717) is 12.5 Å². The predicted molar refractivity (Wildman–Crippen MR) is 180 cm³/mol. The van der Waals surface area contributed by atoms with Crippen molar-refractivity contribution < 1.29 is 0 Å². The molecule has 0 fully saturated rings. The SMILES string of the molecule is CC1C=CC2=C(C1)C(C)(C)c1c(Nc3ccc(C=NCc4ccccc4)cc3)c(-c3ccccc3)c3ccccc3c12. The van der Waals surface area contributed by atoms with Gasteiger partial charge in [-0.2, -0.15) is 0 Å². The van der Waals surface area contributed by atoms with Crippen LogP contribution in [0.25, 0.3) is 27.5 Å². The van der Waals surface area contributed by atoms with Gasteiger partial charge in [-0.3, -0.25) is 4.99 Å². The van der Waals surface area contributed by atoms with Gasteiger partial charge in [0.2, 0.25) is 0 Å². The molecule has 0 aromatic heterocycles. The van der Waals surface area contributed by atoms with Crippen molar-refractivity contribution >= 4 is 33.9 Å². The lowest BCUT2D eigenvalue weighted by Gasteiger charge is -2.31. The van der Waals surface area contributed by atoms with Gasteiger partial charge in [-0.25, -0.2) is 0 Å². The molecule has 2 nitrogen and oxygen atoms in total. The summed E-state index contributed by atoms with van der Waals surface area (Å²) in [5.41, 5.74) is 12.8. The van der Waals surface area contributed by atoms with E-state index in [1.54, 1.807) is 5.57 Å². The molecule has 2 aliphatic carbocycles. The lowest BCUT2D eigenvalue weighted by Crippen LogP contribution is -2.21. The van der Waals surface area contributed by atoms with Crippen molar-refractivity contribution in [2.45, 2.75) is 39.2 Å². The highest BCUT2D eigenvalue weighted by atomic mass is 14.9. The molecular formula is C40H36N2. The fraction of sp³-hybridized carbons (Fsp3) is 0.175. The Labute approximate surface area is 249 Å². The van der Waals surface area contributed by atoms with Crippen molar-refractivity contribution in [2.24, 2.45) is 10.9 Å². The summed E-state index contributed by atoms with van der Waals surface area (Å²) in [5.74, 6) is 0.546. The first-order valence-electron chi connectivity index (χ1n) is 15.0. The van der Waals surface area contributed by atoms with E-state index in [0.717, 1.165) is 17.7 Å². The van der Waals surface area contributed by atoms with E-state index in [-0.39, 0.29) is 5.41 Å². The molecule has 1 N–H and O–H groups in total. The third kappa shape index (κ3) is 4.58. The minimum atomic E-state index is -0.0936. The molecule has 2 heteroatoms. The van der Waals surface area contributed by atoms with Crippen molar-refractivity contribution in [1.82, 2.24) is 0 Å².